The third-order valence-electron chi connectivity index (χ3n) is 3.04. The predicted octanol–water partition coefficient (Wildman–Crippen LogP) is 3.18. The highest BCUT2D eigenvalue weighted by molar-refractivity contribution is 9.10. The molecule has 0 spiro atoms. The Labute approximate surface area is 122 Å². The molecular weight excluding hydrogens is 337 g/mol. The molecule has 0 aromatic heterocycles. The molecule has 108 valence electrons. The van der Waals surface area contributed by atoms with Crippen LogP contribution >= 0.6 is 15.9 Å². The van der Waals surface area contributed by atoms with E-state index in [2.05, 4.69) is 21.2 Å². The Hall–Kier alpha value is -1.26. The summed E-state index contributed by atoms with van der Waals surface area (Å²) in [6, 6.07) is 5.02. The second-order valence-electron chi connectivity index (χ2n) is 4.51. The van der Waals surface area contributed by atoms with Gasteiger partial charge in [0.05, 0.1) is 12.7 Å². The first-order valence-electron chi connectivity index (χ1n) is 6.03. The first kappa shape index (κ1) is 15.1. The Kier molecular flexibility index (Phi) is 4.55. The van der Waals surface area contributed by atoms with Crippen molar-refractivity contribution in [1.29, 1.82) is 5.26 Å². The SMILES string of the molecule is N#CC(CNCc1cc(Br)cc2c1OCC2)C(F)(F)F. The van der Waals surface area contributed by atoms with Gasteiger partial charge < -0.3 is 10.1 Å². The fraction of sp³-hybridized carbons (Fsp3) is 0.462. The molecule has 0 bridgehead atoms. The maximum atomic E-state index is 12.4. The number of alkyl halides is 3. The molecule has 0 fully saturated rings. The summed E-state index contributed by atoms with van der Waals surface area (Å²) in [5, 5.41) is 11.2. The number of rotatable bonds is 4. The van der Waals surface area contributed by atoms with Crippen LogP contribution in [0.4, 0.5) is 13.2 Å². The van der Waals surface area contributed by atoms with Crippen LogP contribution in [-0.2, 0) is 13.0 Å². The third-order valence-corrected chi connectivity index (χ3v) is 3.50. The highest BCUT2D eigenvalue weighted by atomic mass is 79.9. The number of halogens is 4. The molecule has 0 amide bonds. The zero-order valence-electron chi connectivity index (χ0n) is 10.4. The second kappa shape index (κ2) is 6.02. The van der Waals surface area contributed by atoms with Crippen LogP contribution in [-0.4, -0.2) is 19.3 Å². The van der Waals surface area contributed by atoms with Gasteiger partial charge in [-0.25, -0.2) is 0 Å². The minimum Gasteiger partial charge on any atom is -0.493 e. The summed E-state index contributed by atoms with van der Waals surface area (Å²) in [5.74, 6) is -1.26. The quantitative estimate of drug-likeness (QED) is 0.908. The summed E-state index contributed by atoms with van der Waals surface area (Å²) in [7, 11) is 0. The maximum Gasteiger partial charge on any atom is 0.405 e. The Bertz CT molecular complexity index is 540. The van der Waals surface area contributed by atoms with Crippen LogP contribution in [0.15, 0.2) is 16.6 Å². The van der Waals surface area contributed by atoms with Gasteiger partial charge in [0.2, 0.25) is 0 Å². The van der Waals surface area contributed by atoms with Crippen molar-refractivity contribution < 1.29 is 17.9 Å². The van der Waals surface area contributed by atoms with Gasteiger partial charge in [-0.05, 0) is 17.7 Å². The van der Waals surface area contributed by atoms with Crippen LogP contribution < -0.4 is 10.1 Å². The minimum absolute atomic E-state index is 0.232. The van der Waals surface area contributed by atoms with E-state index in [1.54, 1.807) is 0 Å². The van der Waals surface area contributed by atoms with Gasteiger partial charge in [0.1, 0.15) is 5.75 Å². The summed E-state index contributed by atoms with van der Waals surface area (Å²) in [6.07, 6.45) is -3.71. The topological polar surface area (TPSA) is 45.0 Å². The monoisotopic (exact) mass is 348 g/mol. The summed E-state index contributed by atoms with van der Waals surface area (Å²) in [6.45, 7) is 0.388. The van der Waals surface area contributed by atoms with Crippen LogP contribution in [0.25, 0.3) is 0 Å². The Morgan fingerprint density at radius 3 is 2.85 bits per heavy atom. The minimum atomic E-state index is -4.50. The van der Waals surface area contributed by atoms with E-state index in [-0.39, 0.29) is 6.54 Å². The first-order valence-corrected chi connectivity index (χ1v) is 6.82. The largest absolute Gasteiger partial charge is 0.493 e. The molecular formula is C13H12BrF3N2O. The lowest BCUT2D eigenvalue weighted by Crippen LogP contribution is -2.32. The van der Waals surface area contributed by atoms with Crippen molar-refractivity contribution in [2.24, 2.45) is 5.92 Å². The van der Waals surface area contributed by atoms with E-state index in [1.807, 2.05) is 12.1 Å². The standard InChI is InChI=1S/C13H12BrF3N2O/c14-11-3-8-1-2-20-12(8)9(4-11)6-19-7-10(5-18)13(15,16)17/h3-4,10,19H,1-2,6-7H2. The van der Waals surface area contributed by atoms with E-state index >= 15 is 0 Å². The van der Waals surface area contributed by atoms with Crippen molar-refractivity contribution in [2.45, 2.75) is 19.1 Å². The van der Waals surface area contributed by atoms with E-state index in [9.17, 15) is 13.2 Å². The molecule has 1 atom stereocenters. The van der Waals surface area contributed by atoms with Gasteiger partial charge in [0, 0.05) is 29.5 Å². The van der Waals surface area contributed by atoms with Crippen molar-refractivity contribution in [3.63, 3.8) is 0 Å². The van der Waals surface area contributed by atoms with Gasteiger partial charge in [-0.1, -0.05) is 15.9 Å². The summed E-state index contributed by atoms with van der Waals surface area (Å²) < 4.78 is 43.7. The van der Waals surface area contributed by atoms with Gasteiger partial charge in [0.25, 0.3) is 0 Å². The smallest absolute Gasteiger partial charge is 0.405 e. The molecule has 1 aromatic carbocycles. The van der Waals surface area contributed by atoms with Crippen LogP contribution in [0, 0.1) is 17.2 Å². The molecule has 1 aromatic rings. The van der Waals surface area contributed by atoms with E-state index < -0.39 is 18.6 Å². The van der Waals surface area contributed by atoms with E-state index in [4.69, 9.17) is 10.00 Å². The molecule has 0 saturated heterocycles. The van der Waals surface area contributed by atoms with Gasteiger partial charge in [-0.2, -0.15) is 18.4 Å². The molecule has 1 N–H and O–H groups in total. The Balaban J connectivity index is 2.01. The van der Waals surface area contributed by atoms with Gasteiger partial charge in [-0.15, -0.1) is 0 Å². The number of ether oxygens (including phenoxy) is 1. The summed E-state index contributed by atoms with van der Waals surface area (Å²) in [4.78, 5) is 0. The van der Waals surface area contributed by atoms with Crippen LogP contribution in [0.3, 0.4) is 0 Å². The van der Waals surface area contributed by atoms with Gasteiger partial charge in [-0.3, -0.25) is 0 Å². The van der Waals surface area contributed by atoms with E-state index in [1.165, 1.54) is 6.07 Å². The molecule has 0 radical (unpaired) electrons. The lowest BCUT2D eigenvalue weighted by atomic mass is 10.1. The molecule has 20 heavy (non-hydrogen) atoms. The summed E-state index contributed by atoms with van der Waals surface area (Å²) >= 11 is 3.37. The Morgan fingerprint density at radius 1 is 1.45 bits per heavy atom. The first-order chi connectivity index (χ1) is 9.41. The Morgan fingerprint density at radius 2 is 2.20 bits per heavy atom. The number of benzene rings is 1. The lowest BCUT2D eigenvalue weighted by Gasteiger charge is -2.15. The van der Waals surface area contributed by atoms with Gasteiger partial charge >= 0.3 is 6.18 Å². The number of nitrogens with one attached hydrogen (secondary N) is 1. The zero-order valence-corrected chi connectivity index (χ0v) is 12.0. The molecule has 1 aliphatic heterocycles. The maximum absolute atomic E-state index is 12.4. The second-order valence-corrected chi connectivity index (χ2v) is 5.42. The van der Waals surface area contributed by atoms with Crippen LogP contribution in [0.5, 0.6) is 5.75 Å². The highest BCUT2D eigenvalue weighted by Gasteiger charge is 2.39. The van der Waals surface area contributed by atoms with Crippen LogP contribution in [0.1, 0.15) is 11.1 Å². The third kappa shape index (κ3) is 3.44. The lowest BCUT2D eigenvalue weighted by molar-refractivity contribution is -0.157. The predicted molar refractivity (Wildman–Crippen MR) is 70.2 cm³/mol. The normalized spacial score (nSPS) is 15.3. The molecule has 7 heteroatoms. The van der Waals surface area contributed by atoms with Crippen LogP contribution in [0.2, 0.25) is 0 Å². The number of hydrogen-bond donors (Lipinski definition) is 1. The molecule has 0 aliphatic carbocycles. The van der Waals surface area contributed by atoms with Crippen molar-refractivity contribution in [2.75, 3.05) is 13.2 Å². The number of hydrogen-bond acceptors (Lipinski definition) is 3. The molecule has 1 unspecified atom stereocenters. The van der Waals surface area contributed by atoms with Crippen molar-refractivity contribution in [3.05, 3.63) is 27.7 Å². The van der Waals surface area contributed by atoms with Crippen molar-refractivity contribution >= 4 is 15.9 Å². The number of nitrogens with zero attached hydrogens (tertiary/aromatic N) is 1. The van der Waals surface area contributed by atoms with E-state index in [0.29, 0.717) is 6.61 Å². The average Bonchev–Trinajstić information content (AvgIpc) is 2.80. The molecule has 1 aliphatic rings. The van der Waals surface area contributed by atoms with Gasteiger partial charge in [0.15, 0.2) is 5.92 Å². The highest BCUT2D eigenvalue weighted by Crippen LogP contribution is 2.33. The molecule has 3 nitrogen and oxygen atoms in total. The van der Waals surface area contributed by atoms with Crippen molar-refractivity contribution in [1.82, 2.24) is 5.32 Å². The molecule has 2 rings (SSSR count). The fourth-order valence-electron chi connectivity index (χ4n) is 2.06. The average molecular weight is 349 g/mol. The fourth-order valence-corrected chi connectivity index (χ4v) is 2.62. The van der Waals surface area contributed by atoms with E-state index in [0.717, 1.165) is 27.8 Å². The number of fused-ring (bicyclic) bond motifs is 1. The summed E-state index contributed by atoms with van der Waals surface area (Å²) in [5.41, 5.74) is 1.84. The number of nitriles is 1. The zero-order chi connectivity index (χ0) is 14.8. The molecule has 1 heterocycles. The molecule has 0 saturated carbocycles. The van der Waals surface area contributed by atoms with Crippen molar-refractivity contribution in [3.8, 4) is 11.8 Å².